The lowest BCUT2D eigenvalue weighted by Gasteiger charge is -2.32. The van der Waals surface area contributed by atoms with Gasteiger partial charge in [-0.2, -0.15) is 0 Å². The first kappa shape index (κ1) is 16.6. The van der Waals surface area contributed by atoms with Gasteiger partial charge in [-0.05, 0) is 24.8 Å². The van der Waals surface area contributed by atoms with E-state index in [-0.39, 0.29) is 45.2 Å². The molecule has 6 nitrogen and oxygen atoms in total. The Bertz CT molecular complexity index is 975. The molecule has 0 saturated heterocycles. The highest BCUT2D eigenvalue weighted by molar-refractivity contribution is 6.31. The molecule has 134 valence electrons. The van der Waals surface area contributed by atoms with Gasteiger partial charge in [0.15, 0.2) is 5.78 Å². The number of aliphatic hydroxyl groups is 1. The Morgan fingerprint density at radius 1 is 1.00 bits per heavy atom. The number of hydrogen-bond donors (Lipinski definition) is 4. The fourth-order valence-electron chi connectivity index (χ4n) is 4.14. The van der Waals surface area contributed by atoms with Gasteiger partial charge in [0.25, 0.3) is 0 Å². The van der Waals surface area contributed by atoms with E-state index in [9.17, 15) is 30.0 Å². The molecule has 2 aliphatic rings. The number of aromatic hydroxyl groups is 3. The Hall–Kier alpha value is -2.86. The average Bonchev–Trinajstić information content (AvgIpc) is 2.61. The van der Waals surface area contributed by atoms with Crippen molar-refractivity contribution in [3.05, 3.63) is 51.6 Å². The normalized spacial score (nSPS) is 21.2. The molecule has 0 saturated carbocycles. The smallest absolute Gasteiger partial charge is 0.202 e. The van der Waals surface area contributed by atoms with Gasteiger partial charge in [-0.1, -0.05) is 25.5 Å². The molecule has 2 aromatic rings. The number of phenolic OH excluding ortho intramolecular Hbond substituents is 3. The van der Waals surface area contributed by atoms with E-state index in [4.69, 9.17) is 0 Å². The molecule has 2 unspecified atom stereocenters. The summed E-state index contributed by atoms with van der Waals surface area (Å²) in [5.41, 5.74) is -0.401. The van der Waals surface area contributed by atoms with Gasteiger partial charge >= 0.3 is 0 Å². The maximum atomic E-state index is 12.9. The van der Waals surface area contributed by atoms with Crippen LogP contribution < -0.4 is 0 Å². The molecule has 4 rings (SSSR count). The van der Waals surface area contributed by atoms with Gasteiger partial charge in [0, 0.05) is 16.7 Å². The Morgan fingerprint density at radius 2 is 1.69 bits per heavy atom. The van der Waals surface area contributed by atoms with Crippen molar-refractivity contribution in [1.82, 2.24) is 0 Å². The van der Waals surface area contributed by atoms with Crippen LogP contribution in [0, 0.1) is 5.92 Å². The molecule has 0 heterocycles. The summed E-state index contributed by atoms with van der Waals surface area (Å²) >= 11 is 0. The fourth-order valence-corrected chi connectivity index (χ4v) is 4.14. The number of hydrogen-bond acceptors (Lipinski definition) is 6. The minimum Gasteiger partial charge on any atom is -0.507 e. The minimum absolute atomic E-state index is 0.0134. The summed E-state index contributed by atoms with van der Waals surface area (Å²) < 4.78 is 0. The third-order valence-corrected chi connectivity index (χ3v) is 5.52. The zero-order valence-electron chi connectivity index (χ0n) is 14.1. The van der Waals surface area contributed by atoms with Crippen molar-refractivity contribution in [2.24, 2.45) is 5.92 Å². The van der Waals surface area contributed by atoms with Gasteiger partial charge in [0.2, 0.25) is 5.78 Å². The van der Waals surface area contributed by atoms with Gasteiger partial charge in [-0.25, -0.2) is 0 Å². The number of ketones is 2. The number of carbonyl (C=O) groups excluding carboxylic acids is 2. The van der Waals surface area contributed by atoms with Crippen molar-refractivity contribution in [3.8, 4) is 17.2 Å². The van der Waals surface area contributed by atoms with E-state index in [0.29, 0.717) is 18.4 Å². The molecule has 2 aliphatic carbocycles. The second-order valence-corrected chi connectivity index (χ2v) is 6.93. The second-order valence-electron chi connectivity index (χ2n) is 6.93. The van der Waals surface area contributed by atoms with Crippen molar-refractivity contribution in [1.29, 1.82) is 0 Å². The van der Waals surface area contributed by atoms with Crippen molar-refractivity contribution < 1.29 is 30.0 Å². The molecule has 6 heteroatoms. The topological polar surface area (TPSA) is 115 Å². The molecular formula is C20H18O6. The van der Waals surface area contributed by atoms with E-state index in [0.717, 1.165) is 6.42 Å². The minimum atomic E-state index is -1.03. The first-order valence-electron chi connectivity index (χ1n) is 8.56. The zero-order chi connectivity index (χ0) is 18.7. The van der Waals surface area contributed by atoms with E-state index >= 15 is 0 Å². The Kier molecular flexibility index (Phi) is 3.56. The van der Waals surface area contributed by atoms with Crippen LogP contribution in [0.15, 0.2) is 18.2 Å². The van der Waals surface area contributed by atoms with E-state index in [2.05, 4.69) is 0 Å². The lowest BCUT2D eigenvalue weighted by Crippen LogP contribution is -2.26. The van der Waals surface area contributed by atoms with Crippen LogP contribution in [-0.2, 0) is 6.42 Å². The first-order chi connectivity index (χ1) is 12.4. The van der Waals surface area contributed by atoms with E-state index in [1.807, 2.05) is 6.92 Å². The number of phenols is 3. The molecule has 0 radical (unpaired) electrons. The third kappa shape index (κ3) is 2.02. The van der Waals surface area contributed by atoms with Crippen LogP contribution in [0.5, 0.6) is 17.2 Å². The van der Waals surface area contributed by atoms with E-state index in [1.54, 1.807) is 0 Å². The van der Waals surface area contributed by atoms with Gasteiger partial charge in [0.1, 0.15) is 17.2 Å². The molecule has 26 heavy (non-hydrogen) atoms. The fraction of sp³-hybridized carbons (Fsp3) is 0.300. The third-order valence-electron chi connectivity index (χ3n) is 5.52. The van der Waals surface area contributed by atoms with Crippen LogP contribution in [0.3, 0.4) is 0 Å². The highest BCUT2D eigenvalue weighted by Crippen LogP contribution is 2.50. The predicted molar refractivity (Wildman–Crippen MR) is 91.8 cm³/mol. The summed E-state index contributed by atoms with van der Waals surface area (Å²) in [4.78, 5) is 25.8. The monoisotopic (exact) mass is 354 g/mol. The van der Waals surface area contributed by atoms with Gasteiger partial charge in [0.05, 0.1) is 22.8 Å². The summed E-state index contributed by atoms with van der Waals surface area (Å²) in [6.45, 7) is 1.96. The van der Waals surface area contributed by atoms with Gasteiger partial charge in [-0.3, -0.25) is 9.59 Å². The van der Waals surface area contributed by atoms with Crippen LogP contribution >= 0.6 is 0 Å². The number of rotatable bonds is 1. The van der Waals surface area contributed by atoms with E-state index < -0.39 is 23.4 Å². The number of fused-ring (bicyclic) bond motifs is 3. The SMILES string of the molecule is CCC1Cc2c(O)c3c(c(O)c2C(O)C1)C(=O)c1c(O)cccc1C3=O. The lowest BCUT2D eigenvalue weighted by atomic mass is 9.74. The highest BCUT2D eigenvalue weighted by Gasteiger charge is 2.41. The largest absolute Gasteiger partial charge is 0.507 e. The van der Waals surface area contributed by atoms with Crippen molar-refractivity contribution in [3.63, 3.8) is 0 Å². The molecule has 0 aliphatic heterocycles. The molecular weight excluding hydrogens is 336 g/mol. The lowest BCUT2D eigenvalue weighted by molar-refractivity contribution is 0.0966. The summed E-state index contributed by atoms with van der Waals surface area (Å²) in [6.07, 6.45) is 0.550. The maximum Gasteiger partial charge on any atom is 0.202 e. The van der Waals surface area contributed by atoms with Gasteiger partial charge < -0.3 is 20.4 Å². The predicted octanol–water partition coefficient (Wildman–Crippen LogP) is 2.58. The Balaban J connectivity index is 2.05. The summed E-state index contributed by atoms with van der Waals surface area (Å²) in [5, 5.41) is 42.0. The van der Waals surface area contributed by atoms with Crippen molar-refractivity contribution in [2.45, 2.75) is 32.3 Å². The standard InChI is InChI=1S/C20H18O6/c1-2-8-6-10-14(12(22)7-8)20(26)16-15(18(10)24)17(23)9-4-3-5-11(21)13(9)19(16)25/h3-5,8,12,21-22,24,26H,2,6-7H2,1H3. The van der Waals surface area contributed by atoms with Crippen LogP contribution in [0.2, 0.25) is 0 Å². The van der Waals surface area contributed by atoms with Crippen LogP contribution in [-0.4, -0.2) is 32.0 Å². The van der Waals surface area contributed by atoms with Crippen LogP contribution in [0.25, 0.3) is 0 Å². The molecule has 2 atom stereocenters. The molecule has 2 aromatic carbocycles. The average molecular weight is 354 g/mol. The summed E-state index contributed by atoms with van der Waals surface area (Å²) in [5.74, 6) is -2.48. The second kappa shape index (κ2) is 5.57. The number of aliphatic hydroxyl groups excluding tert-OH is 1. The van der Waals surface area contributed by atoms with Gasteiger partial charge in [-0.15, -0.1) is 0 Å². The maximum absolute atomic E-state index is 12.9. The summed E-state index contributed by atoms with van der Waals surface area (Å²) in [7, 11) is 0. The molecule has 4 N–H and O–H groups in total. The first-order valence-corrected chi connectivity index (χ1v) is 8.56. The highest BCUT2D eigenvalue weighted by atomic mass is 16.3. The quantitative estimate of drug-likeness (QED) is 0.499. The molecule has 0 bridgehead atoms. The zero-order valence-corrected chi connectivity index (χ0v) is 14.1. The molecule has 0 fully saturated rings. The van der Waals surface area contributed by atoms with Crippen molar-refractivity contribution >= 4 is 11.6 Å². The van der Waals surface area contributed by atoms with Crippen LogP contribution in [0.4, 0.5) is 0 Å². The summed E-state index contributed by atoms with van der Waals surface area (Å²) in [6, 6.07) is 4.12. The Morgan fingerprint density at radius 3 is 2.38 bits per heavy atom. The molecule has 0 spiro atoms. The molecule has 0 aromatic heterocycles. The van der Waals surface area contributed by atoms with Crippen molar-refractivity contribution in [2.75, 3.05) is 0 Å². The number of benzene rings is 2. The number of carbonyl (C=O) groups is 2. The molecule has 0 amide bonds. The Labute approximate surface area is 149 Å². The van der Waals surface area contributed by atoms with Crippen LogP contribution in [0.1, 0.15) is 68.8 Å². The van der Waals surface area contributed by atoms with E-state index in [1.165, 1.54) is 18.2 Å².